The Morgan fingerprint density at radius 1 is 1.07 bits per heavy atom. The molecule has 0 saturated carbocycles. The third-order valence-corrected chi connectivity index (χ3v) is 1.93. The summed E-state index contributed by atoms with van der Waals surface area (Å²) >= 11 is 0. The van der Waals surface area contributed by atoms with Crippen molar-refractivity contribution in [3.8, 4) is 0 Å². The number of pyridine rings is 1. The van der Waals surface area contributed by atoms with Gasteiger partial charge in [-0.05, 0) is 19.9 Å². The van der Waals surface area contributed by atoms with Crippen LogP contribution < -0.4 is 11.5 Å². The van der Waals surface area contributed by atoms with Gasteiger partial charge in [-0.2, -0.15) is 0 Å². The summed E-state index contributed by atoms with van der Waals surface area (Å²) in [7, 11) is 0. The fourth-order valence-corrected chi connectivity index (χ4v) is 1.22. The average molecular weight is 193 g/mol. The molecule has 4 N–H and O–H groups in total. The van der Waals surface area contributed by atoms with Crippen LogP contribution in [-0.4, -0.2) is 16.8 Å². The lowest BCUT2D eigenvalue weighted by molar-refractivity contribution is 0.0998. The van der Waals surface area contributed by atoms with E-state index in [1.54, 1.807) is 13.8 Å². The largest absolute Gasteiger partial charge is 0.366 e. The van der Waals surface area contributed by atoms with Gasteiger partial charge in [-0.3, -0.25) is 14.6 Å². The predicted octanol–water partition coefficient (Wildman–Crippen LogP) is -0.104. The van der Waals surface area contributed by atoms with Gasteiger partial charge in [0.25, 0.3) is 11.8 Å². The number of hydrogen-bond donors (Lipinski definition) is 2. The number of amides is 2. The molecule has 5 nitrogen and oxygen atoms in total. The fourth-order valence-electron chi connectivity index (χ4n) is 1.22. The molecule has 0 spiro atoms. The van der Waals surface area contributed by atoms with E-state index in [0.717, 1.165) is 0 Å². The maximum Gasteiger partial charge on any atom is 0.250 e. The van der Waals surface area contributed by atoms with Crippen LogP contribution in [0.5, 0.6) is 0 Å². The molecule has 0 unspecified atom stereocenters. The summed E-state index contributed by atoms with van der Waals surface area (Å²) in [6.45, 7) is 3.30. The second-order valence-electron chi connectivity index (χ2n) is 2.98. The van der Waals surface area contributed by atoms with Gasteiger partial charge in [-0.25, -0.2) is 0 Å². The van der Waals surface area contributed by atoms with E-state index in [1.807, 2.05) is 0 Å². The highest BCUT2D eigenvalue weighted by atomic mass is 16.1. The second kappa shape index (κ2) is 3.45. The zero-order chi connectivity index (χ0) is 10.9. The molecule has 1 aromatic heterocycles. The van der Waals surface area contributed by atoms with Crippen LogP contribution in [0.25, 0.3) is 0 Å². The van der Waals surface area contributed by atoms with Gasteiger partial charge in [0.1, 0.15) is 0 Å². The molecule has 0 radical (unpaired) electrons. The van der Waals surface area contributed by atoms with E-state index >= 15 is 0 Å². The lowest BCUT2D eigenvalue weighted by Crippen LogP contribution is -2.19. The summed E-state index contributed by atoms with van der Waals surface area (Å²) in [6, 6.07) is 1.38. The number of aromatic nitrogens is 1. The van der Waals surface area contributed by atoms with E-state index in [0.29, 0.717) is 11.4 Å². The van der Waals surface area contributed by atoms with Crippen molar-refractivity contribution in [3.05, 3.63) is 28.6 Å². The highest BCUT2D eigenvalue weighted by molar-refractivity contribution is 5.99. The minimum atomic E-state index is -0.613. The van der Waals surface area contributed by atoms with Gasteiger partial charge >= 0.3 is 0 Å². The Morgan fingerprint density at radius 2 is 1.43 bits per heavy atom. The minimum Gasteiger partial charge on any atom is -0.366 e. The van der Waals surface area contributed by atoms with Crippen molar-refractivity contribution in [3.63, 3.8) is 0 Å². The normalized spacial score (nSPS) is 9.86. The molecule has 0 aliphatic rings. The van der Waals surface area contributed by atoms with Crippen LogP contribution in [0.3, 0.4) is 0 Å². The zero-order valence-corrected chi connectivity index (χ0v) is 8.00. The Bertz CT molecular complexity index is 378. The Balaban J connectivity index is 3.42. The van der Waals surface area contributed by atoms with Crippen LogP contribution >= 0.6 is 0 Å². The van der Waals surface area contributed by atoms with Crippen LogP contribution in [0.4, 0.5) is 0 Å². The van der Waals surface area contributed by atoms with E-state index in [2.05, 4.69) is 4.98 Å². The maximum absolute atomic E-state index is 10.9. The number of primary amides is 2. The van der Waals surface area contributed by atoms with Crippen LogP contribution in [0.2, 0.25) is 0 Å². The first kappa shape index (κ1) is 10.2. The van der Waals surface area contributed by atoms with Crippen molar-refractivity contribution in [1.82, 2.24) is 4.98 Å². The molecule has 0 fully saturated rings. The van der Waals surface area contributed by atoms with Gasteiger partial charge in [0.2, 0.25) is 0 Å². The minimum absolute atomic E-state index is 0.226. The molecular weight excluding hydrogens is 182 g/mol. The molecule has 0 bridgehead atoms. The van der Waals surface area contributed by atoms with Gasteiger partial charge in [-0.15, -0.1) is 0 Å². The SMILES string of the molecule is Cc1nc(C)c(C(N)=O)cc1C(N)=O. The maximum atomic E-state index is 10.9. The standard InChI is InChI=1S/C9H11N3O2/c1-4-6(8(10)13)3-7(9(11)14)5(2)12-4/h3H,1-2H3,(H2,10,13)(H2,11,14). The van der Waals surface area contributed by atoms with Crippen molar-refractivity contribution in [2.75, 3.05) is 0 Å². The molecule has 1 heterocycles. The number of carbonyl (C=O) groups excluding carboxylic acids is 2. The van der Waals surface area contributed by atoms with Crippen LogP contribution in [-0.2, 0) is 0 Å². The lowest BCUT2D eigenvalue weighted by Gasteiger charge is -2.06. The number of nitrogens with zero attached hydrogens (tertiary/aromatic N) is 1. The topological polar surface area (TPSA) is 99.1 Å². The number of rotatable bonds is 2. The summed E-state index contributed by atoms with van der Waals surface area (Å²) in [4.78, 5) is 25.9. The summed E-state index contributed by atoms with van der Waals surface area (Å²) in [5, 5.41) is 0. The predicted molar refractivity (Wildman–Crippen MR) is 50.7 cm³/mol. The van der Waals surface area contributed by atoms with Gasteiger partial charge < -0.3 is 11.5 Å². The van der Waals surface area contributed by atoms with Gasteiger partial charge in [0.05, 0.1) is 22.5 Å². The van der Waals surface area contributed by atoms with Crippen LogP contribution in [0.1, 0.15) is 32.1 Å². The Kier molecular flexibility index (Phi) is 2.51. The number of nitrogens with two attached hydrogens (primary N) is 2. The highest BCUT2D eigenvalue weighted by Gasteiger charge is 2.13. The monoisotopic (exact) mass is 193 g/mol. The molecule has 0 atom stereocenters. The van der Waals surface area contributed by atoms with Gasteiger partial charge in [-0.1, -0.05) is 0 Å². The van der Waals surface area contributed by atoms with Gasteiger partial charge in [0, 0.05) is 0 Å². The Labute approximate surface area is 81.1 Å². The Morgan fingerprint density at radius 3 is 1.71 bits per heavy atom. The molecule has 1 aromatic rings. The summed E-state index contributed by atoms with van der Waals surface area (Å²) in [6.07, 6.45) is 0. The van der Waals surface area contributed by atoms with Gasteiger partial charge in [0.15, 0.2) is 0 Å². The molecule has 2 amide bonds. The van der Waals surface area contributed by atoms with Crippen molar-refractivity contribution >= 4 is 11.8 Å². The zero-order valence-electron chi connectivity index (χ0n) is 8.00. The smallest absolute Gasteiger partial charge is 0.250 e. The third-order valence-electron chi connectivity index (χ3n) is 1.93. The highest BCUT2D eigenvalue weighted by Crippen LogP contribution is 2.11. The average Bonchev–Trinajstić information content (AvgIpc) is 2.02. The lowest BCUT2D eigenvalue weighted by atomic mass is 10.1. The first-order chi connectivity index (χ1) is 6.43. The molecule has 0 aliphatic carbocycles. The molecule has 1 rings (SSSR count). The molecule has 74 valence electrons. The number of carbonyl (C=O) groups is 2. The first-order valence-corrected chi connectivity index (χ1v) is 4.01. The first-order valence-electron chi connectivity index (χ1n) is 4.01. The fraction of sp³-hybridized carbons (Fsp3) is 0.222. The molecule has 0 aromatic carbocycles. The van der Waals surface area contributed by atoms with Crippen molar-refractivity contribution < 1.29 is 9.59 Å². The molecule has 0 saturated heterocycles. The third kappa shape index (κ3) is 1.71. The van der Waals surface area contributed by atoms with E-state index in [1.165, 1.54) is 6.07 Å². The van der Waals surface area contributed by atoms with E-state index in [4.69, 9.17) is 11.5 Å². The molecule has 14 heavy (non-hydrogen) atoms. The molecule has 5 heteroatoms. The summed E-state index contributed by atoms with van der Waals surface area (Å²) in [5.74, 6) is -1.23. The summed E-state index contributed by atoms with van der Waals surface area (Å²) in [5.41, 5.74) is 11.7. The Hall–Kier alpha value is -1.91. The van der Waals surface area contributed by atoms with Crippen LogP contribution in [0.15, 0.2) is 6.07 Å². The van der Waals surface area contributed by atoms with E-state index in [9.17, 15) is 9.59 Å². The quantitative estimate of drug-likeness (QED) is 0.685. The molecular formula is C9H11N3O2. The number of hydrogen-bond acceptors (Lipinski definition) is 3. The molecule has 0 aliphatic heterocycles. The van der Waals surface area contributed by atoms with Crippen molar-refractivity contribution in [2.45, 2.75) is 13.8 Å². The number of aryl methyl sites for hydroxylation is 2. The van der Waals surface area contributed by atoms with E-state index < -0.39 is 11.8 Å². The van der Waals surface area contributed by atoms with Crippen LogP contribution in [0, 0.1) is 13.8 Å². The van der Waals surface area contributed by atoms with E-state index in [-0.39, 0.29) is 11.1 Å². The second-order valence-corrected chi connectivity index (χ2v) is 2.98. The van der Waals surface area contributed by atoms with Crippen molar-refractivity contribution in [1.29, 1.82) is 0 Å². The summed E-state index contributed by atoms with van der Waals surface area (Å²) < 4.78 is 0. The van der Waals surface area contributed by atoms with Crippen molar-refractivity contribution in [2.24, 2.45) is 11.5 Å².